The Hall–Kier alpha value is -1.07. The molecule has 0 fully saturated rings. The molecule has 1 aromatic rings. The molecule has 1 aromatic carbocycles. The minimum atomic E-state index is -4.04. The first-order valence-electron chi connectivity index (χ1n) is 4.95. The van der Waals surface area contributed by atoms with Crippen LogP contribution in [-0.2, 0) is 24.3 Å². The Morgan fingerprint density at radius 2 is 1.89 bits per heavy atom. The molecule has 1 atom stereocenters. The Kier molecular flexibility index (Phi) is 4.63. The van der Waals surface area contributed by atoms with Gasteiger partial charge in [-0.25, -0.2) is 17.9 Å². The number of primary sulfonamides is 1. The van der Waals surface area contributed by atoms with Crippen LogP contribution in [0.5, 0.6) is 0 Å². The Labute approximate surface area is 110 Å². The topological polar surface area (TPSA) is 130 Å². The monoisotopic (exact) mass is 312 g/mol. The lowest BCUT2D eigenvalue weighted by Gasteiger charge is -2.16. The molecule has 0 aliphatic carbocycles. The highest BCUT2D eigenvalue weighted by molar-refractivity contribution is 7.89. The van der Waals surface area contributed by atoms with E-state index in [0.29, 0.717) is 0 Å². The molecule has 0 radical (unpaired) electrons. The molecule has 0 aromatic heterocycles. The molecule has 0 bridgehead atoms. The van der Waals surface area contributed by atoms with E-state index >= 15 is 0 Å². The quantitative estimate of drug-likeness (QED) is 0.702. The minimum Gasteiger partial charge on any atom is -0.328 e. The highest BCUT2D eigenvalue weighted by Crippen LogP contribution is 2.24. The lowest BCUT2D eigenvalue weighted by atomic mass is 10.1. The third kappa shape index (κ3) is 4.51. The molecule has 10 heteroatoms. The first-order valence-corrected chi connectivity index (χ1v) is 8.31. The molecule has 0 aliphatic heterocycles. The molecule has 0 spiro atoms. The molecule has 7 nitrogen and oxygen atoms in total. The van der Waals surface area contributed by atoms with Gasteiger partial charge in [0.15, 0.2) is 0 Å². The van der Waals surface area contributed by atoms with Crippen molar-refractivity contribution in [3.63, 3.8) is 0 Å². The fourth-order valence-corrected chi connectivity index (χ4v) is 2.53. The molecular formula is C9H13FN2O5S2. The first-order chi connectivity index (χ1) is 8.54. The standard InChI is InChI=1S/C9H13FN2O5S2/c1-18(13,14)17-9(5-11)7-4-6(19(12,15)16)2-3-8(7)10/h2-4,9H,5,11H2,1H3,(H2,12,15,16). The maximum Gasteiger partial charge on any atom is 0.265 e. The van der Waals surface area contributed by atoms with Gasteiger partial charge in [0.05, 0.1) is 11.2 Å². The Morgan fingerprint density at radius 3 is 2.32 bits per heavy atom. The summed E-state index contributed by atoms with van der Waals surface area (Å²) in [5, 5.41) is 4.90. The largest absolute Gasteiger partial charge is 0.328 e. The molecule has 19 heavy (non-hydrogen) atoms. The summed E-state index contributed by atoms with van der Waals surface area (Å²) >= 11 is 0. The van der Waals surface area contributed by atoms with Gasteiger partial charge in [-0.05, 0) is 18.2 Å². The summed E-state index contributed by atoms with van der Waals surface area (Å²) in [6.45, 7) is -0.349. The predicted octanol–water partition coefficient (Wildman–Crippen LogP) is -0.551. The van der Waals surface area contributed by atoms with Crippen molar-refractivity contribution in [2.45, 2.75) is 11.0 Å². The SMILES string of the molecule is CS(=O)(=O)OC(CN)c1cc(S(N)(=O)=O)ccc1F. The van der Waals surface area contributed by atoms with E-state index < -0.39 is 32.1 Å². The van der Waals surface area contributed by atoms with E-state index in [4.69, 9.17) is 10.9 Å². The zero-order valence-electron chi connectivity index (χ0n) is 9.91. The van der Waals surface area contributed by atoms with Crippen LogP contribution in [0.3, 0.4) is 0 Å². The minimum absolute atomic E-state index is 0.292. The second kappa shape index (κ2) is 5.51. The molecule has 4 N–H and O–H groups in total. The number of sulfonamides is 1. The van der Waals surface area contributed by atoms with Crippen LogP contribution >= 0.6 is 0 Å². The number of hydrogen-bond donors (Lipinski definition) is 2. The van der Waals surface area contributed by atoms with Crippen molar-refractivity contribution in [1.29, 1.82) is 0 Å². The van der Waals surface area contributed by atoms with Crippen molar-refractivity contribution in [3.05, 3.63) is 29.6 Å². The molecule has 0 saturated heterocycles. The normalized spacial score (nSPS) is 14.3. The Bertz CT molecular complexity index is 672. The average molecular weight is 312 g/mol. The van der Waals surface area contributed by atoms with Crippen LogP contribution in [0.4, 0.5) is 4.39 Å². The van der Waals surface area contributed by atoms with Crippen molar-refractivity contribution < 1.29 is 25.4 Å². The number of nitrogens with two attached hydrogens (primary N) is 2. The molecule has 0 saturated carbocycles. The summed E-state index contributed by atoms with van der Waals surface area (Å²) in [5.41, 5.74) is 5.01. The summed E-state index contributed by atoms with van der Waals surface area (Å²) in [4.78, 5) is -0.362. The maximum atomic E-state index is 13.6. The zero-order valence-corrected chi connectivity index (χ0v) is 11.5. The molecular weight excluding hydrogens is 299 g/mol. The Morgan fingerprint density at radius 1 is 1.32 bits per heavy atom. The molecule has 0 aliphatic rings. The van der Waals surface area contributed by atoms with E-state index in [2.05, 4.69) is 4.18 Å². The van der Waals surface area contributed by atoms with Crippen LogP contribution in [0.25, 0.3) is 0 Å². The average Bonchev–Trinajstić information content (AvgIpc) is 2.24. The highest BCUT2D eigenvalue weighted by atomic mass is 32.2. The van der Waals surface area contributed by atoms with E-state index in [0.717, 1.165) is 24.5 Å². The fraction of sp³-hybridized carbons (Fsp3) is 0.333. The van der Waals surface area contributed by atoms with Crippen molar-refractivity contribution in [2.75, 3.05) is 12.8 Å². The summed E-state index contributed by atoms with van der Waals surface area (Å²) in [5.74, 6) is -0.841. The second-order valence-electron chi connectivity index (χ2n) is 3.75. The summed E-state index contributed by atoms with van der Waals surface area (Å²) in [6, 6.07) is 2.71. The third-order valence-corrected chi connectivity index (χ3v) is 3.64. The van der Waals surface area contributed by atoms with E-state index in [1.807, 2.05) is 0 Å². The molecule has 108 valence electrons. The van der Waals surface area contributed by atoms with Gasteiger partial charge in [0, 0.05) is 12.1 Å². The van der Waals surface area contributed by atoms with Gasteiger partial charge in [-0.15, -0.1) is 0 Å². The van der Waals surface area contributed by atoms with Gasteiger partial charge < -0.3 is 5.73 Å². The lowest BCUT2D eigenvalue weighted by molar-refractivity contribution is 0.218. The van der Waals surface area contributed by atoms with Gasteiger partial charge in [-0.3, -0.25) is 4.18 Å². The highest BCUT2D eigenvalue weighted by Gasteiger charge is 2.22. The van der Waals surface area contributed by atoms with Crippen LogP contribution in [0.1, 0.15) is 11.7 Å². The number of halogens is 1. The summed E-state index contributed by atoms with van der Waals surface area (Å²) in [6.07, 6.45) is -0.548. The zero-order chi connectivity index (χ0) is 14.8. The van der Waals surface area contributed by atoms with Crippen molar-refractivity contribution in [3.8, 4) is 0 Å². The molecule has 0 heterocycles. The molecule has 0 amide bonds. The predicted molar refractivity (Wildman–Crippen MR) is 65.5 cm³/mol. The van der Waals surface area contributed by atoms with Crippen LogP contribution in [0.15, 0.2) is 23.1 Å². The Balaban J connectivity index is 3.31. The lowest BCUT2D eigenvalue weighted by Crippen LogP contribution is -2.21. The smallest absolute Gasteiger partial charge is 0.265 e. The summed E-state index contributed by atoms with van der Waals surface area (Å²) < 4.78 is 62.6. The second-order valence-corrected chi connectivity index (χ2v) is 6.92. The summed E-state index contributed by atoms with van der Waals surface area (Å²) in [7, 11) is -7.92. The molecule has 1 unspecified atom stereocenters. The van der Waals surface area contributed by atoms with E-state index in [9.17, 15) is 21.2 Å². The van der Waals surface area contributed by atoms with Gasteiger partial charge in [-0.1, -0.05) is 0 Å². The van der Waals surface area contributed by atoms with Gasteiger partial charge in [0.2, 0.25) is 10.0 Å². The maximum absolute atomic E-state index is 13.6. The number of benzene rings is 1. The van der Waals surface area contributed by atoms with Gasteiger partial charge in [0.25, 0.3) is 10.1 Å². The van der Waals surface area contributed by atoms with Gasteiger partial charge >= 0.3 is 0 Å². The van der Waals surface area contributed by atoms with Crippen LogP contribution in [-0.4, -0.2) is 29.6 Å². The first kappa shape index (κ1) is 16.0. The van der Waals surface area contributed by atoms with Crippen LogP contribution in [0.2, 0.25) is 0 Å². The van der Waals surface area contributed by atoms with Gasteiger partial charge in [-0.2, -0.15) is 8.42 Å². The van der Waals surface area contributed by atoms with Crippen molar-refractivity contribution in [2.24, 2.45) is 10.9 Å². The fourth-order valence-electron chi connectivity index (χ4n) is 1.37. The molecule has 1 rings (SSSR count). The van der Waals surface area contributed by atoms with E-state index in [1.54, 1.807) is 0 Å². The third-order valence-electron chi connectivity index (χ3n) is 2.15. The number of hydrogen-bond acceptors (Lipinski definition) is 6. The van der Waals surface area contributed by atoms with E-state index in [-0.39, 0.29) is 17.0 Å². The van der Waals surface area contributed by atoms with E-state index in [1.165, 1.54) is 0 Å². The number of rotatable bonds is 5. The van der Waals surface area contributed by atoms with Gasteiger partial charge in [0.1, 0.15) is 11.9 Å². The van der Waals surface area contributed by atoms with Crippen molar-refractivity contribution >= 4 is 20.1 Å². The van der Waals surface area contributed by atoms with Crippen LogP contribution < -0.4 is 10.9 Å². The van der Waals surface area contributed by atoms with Crippen molar-refractivity contribution in [1.82, 2.24) is 0 Å². The van der Waals surface area contributed by atoms with Crippen LogP contribution in [0, 0.1) is 5.82 Å².